The van der Waals surface area contributed by atoms with Crippen LogP contribution in [0.1, 0.15) is 34.6 Å². The third-order valence-corrected chi connectivity index (χ3v) is 2.74. The third-order valence-electron chi connectivity index (χ3n) is 2.47. The maximum absolute atomic E-state index is 5.23. The van der Waals surface area contributed by atoms with Crippen molar-refractivity contribution in [2.75, 3.05) is 26.2 Å². The standard InChI is InChI=1S/C12H27N3S/c1-6-15(7-2)9-11(5)14-12(16)13-8-10(3)4/h10-11H,6-9H2,1-5H3,(H2,13,14,16). The Labute approximate surface area is 106 Å². The van der Waals surface area contributed by atoms with Crippen molar-refractivity contribution in [2.24, 2.45) is 5.92 Å². The van der Waals surface area contributed by atoms with Gasteiger partial charge in [-0.25, -0.2) is 0 Å². The predicted octanol–water partition coefficient (Wildman–Crippen LogP) is 1.84. The molecule has 0 aliphatic heterocycles. The third kappa shape index (κ3) is 7.88. The number of nitrogens with zero attached hydrogens (tertiary/aromatic N) is 1. The van der Waals surface area contributed by atoms with E-state index in [1.54, 1.807) is 0 Å². The number of rotatable bonds is 7. The van der Waals surface area contributed by atoms with E-state index in [1.807, 2.05) is 0 Å². The van der Waals surface area contributed by atoms with E-state index in [9.17, 15) is 0 Å². The van der Waals surface area contributed by atoms with E-state index < -0.39 is 0 Å². The average Bonchev–Trinajstić information content (AvgIpc) is 2.23. The Morgan fingerprint density at radius 1 is 1.19 bits per heavy atom. The summed E-state index contributed by atoms with van der Waals surface area (Å²) in [4.78, 5) is 2.39. The summed E-state index contributed by atoms with van der Waals surface area (Å²) >= 11 is 5.23. The van der Waals surface area contributed by atoms with Gasteiger partial charge in [0, 0.05) is 19.1 Å². The van der Waals surface area contributed by atoms with Crippen LogP contribution in [-0.4, -0.2) is 42.2 Å². The quantitative estimate of drug-likeness (QED) is 0.669. The second-order valence-corrected chi connectivity index (χ2v) is 5.04. The van der Waals surface area contributed by atoms with Gasteiger partial charge < -0.3 is 15.5 Å². The molecule has 4 heteroatoms. The summed E-state index contributed by atoms with van der Waals surface area (Å²) < 4.78 is 0. The first-order valence-corrected chi connectivity index (χ1v) is 6.67. The lowest BCUT2D eigenvalue weighted by molar-refractivity contribution is 0.281. The van der Waals surface area contributed by atoms with Crippen molar-refractivity contribution in [3.63, 3.8) is 0 Å². The number of thiocarbonyl (C=S) groups is 1. The number of likely N-dealkylation sites (N-methyl/N-ethyl adjacent to an activating group) is 1. The zero-order chi connectivity index (χ0) is 12.6. The van der Waals surface area contributed by atoms with Gasteiger partial charge in [0.1, 0.15) is 0 Å². The van der Waals surface area contributed by atoms with Crippen LogP contribution in [0.15, 0.2) is 0 Å². The molecular weight excluding hydrogens is 218 g/mol. The Bertz CT molecular complexity index is 191. The van der Waals surface area contributed by atoms with Gasteiger partial charge in [0.25, 0.3) is 0 Å². The van der Waals surface area contributed by atoms with Gasteiger partial charge in [-0.15, -0.1) is 0 Å². The Kier molecular flexibility index (Phi) is 8.57. The Hall–Kier alpha value is -0.350. The zero-order valence-electron chi connectivity index (χ0n) is 11.3. The fourth-order valence-corrected chi connectivity index (χ4v) is 1.77. The Balaban J connectivity index is 3.77. The van der Waals surface area contributed by atoms with E-state index in [4.69, 9.17) is 12.2 Å². The van der Waals surface area contributed by atoms with Gasteiger partial charge in [0.05, 0.1) is 0 Å². The Morgan fingerprint density at radius 2 is 1.75 bits per heavy atom. The molecular formula is C12H27N3S. The molecule has 0 saturated heterocycles. The fraction of sp³-hybridized carbons (Fsp3) is 0.917. The molecule has 0 aromatic rings. The van der Waals surface area contributed by atoms with Gasteiger partial charge in [0.15, 0.2) is 5.11 Å². The first-order valence-electron chi connectivity index (χ1n) is 6.26. The zero-order valence-corrected chi connectivity index (χ0v) is 12.2. The highest BCUT2D eigenvalue weighted by molar-refractivity contribution is 7.80. The van der Waals surface area contributed by atoms with E-state index in [0.29, 0.717) is 12.0 Å². The minimum atomic E-state index is 0.395. The smallest absolute Gasteiger partial charge is 0.166 e. The van der Waals surface area contributed by atoms with Crippen molar-refractivity contribution in [3.8, 4) is 0 Å². The van der Waals surface area contributed by atoms with Crippen molar-refractivity contribution in [2.45, 2.75) is 40.7 Å². The lowest BCUT2D eigenvalue weighted by atomic mass is 10.2. The number of hydrogen-bond donors (Lipinski definition) is 2. The molecule has 0 saturated carbocycles. The van der Waals surface area contributed by atoms with Crippen LogP contribution in [0.4, 0.5) is 0 Å². The molecule has 3 nitrogen and oxygen atoms in total. The maximum Gasteiger partial charge on any atom is 0.166 e. The molecule has 0 aromatic heterocycles. The van der Waals surface area contributed by atoms with Gasteiger partial charge in [-0.05, 0) is 38.1 Å². The van der Waals surface area contributed by atoms with Crippen LogP contribution in [0, 0.1) is 5.92 Å². The van der Waals surface area contributed by atoms with Crippen LogP contribution in [-0.2, 0) is 0 Å². The first-order chi connectivity index (χ1) is 7.49. The number of nitrogens with one attached hydrogen (secondary N) is 2. The van der Waals surface area contributed by atoms with Crippen molar-refractivity contribution >= 4 is 17.3 Å². The topological polar surface area (TPSA) is 27.3 Å². The molecule has 0 fully saturated rings. The van der Waals surface area contributed by atoms with Crippen LogP contribution >= 0.6 is 12.2 Å². The number of hydrogen-bond acceptors (Lipinski definition) is 2. The summed E-state index contributed by atoms with van der Waals surface area (Å²) in [7, 11) is 0. The summed E-state index contributed by atoms with van der Waals surface area (Å²) in [5.41, 5.74) is 0. The van der Waals surface area contributed by atoms with E-state index in [1.165, 1.54) is 0 Å². The van der Waals surface area contributed by atoms with Gasteiger partial charge >= 0.3 is 0 Å². The molecule has 16 heavy (non-hydrogen) atoms. The summed E-state index contributed by atoms with van der Waals surface area (Å²) in [6.45, 7) is 15.0. The molecule has 96 valence electrons. The van der Waals surface area contributed by atoms with Crippen LogP contribution < -0.4 is 10.6 Å². The normalized spacial score (nSPS) is 12.9. The lowest BCUT2D eigenvalue weighted by Gasteiger charge is -2.24. The summed E-state index contributed by atoms with van der Waals surface area (Å²) in [5, 5.41) is 7.31. The van der Waals surface area contributed by atoms with Gasteiger partial charge in [-0.1, -0.05) is 27.7 Å². The molecule has 0 radical (unpaired) electrons. The van der Waals surface area contributed by atoms with E-state index in [2.05, 4.69) is 50.2 Å². The van der Waals surface area contributed by atoms with Crippen molar-refractivity contribution < 1.29 is 0 Å². The second kappa shape index (κ2) is 8.76. The highest BCUT2D eigenvalue weighted by Gasteiger charge is 2.08. The van der Waals surface area contributed by atoms with Crippen molar-refractivity contribution in [3.05, 3.63) is 0 Å². The SMILES string of the molecule is CCN(CC)CC(C)NC(=S)NCC(C)C. The fourth-order valence-electron chi connectivity index (χ4n) is 1.49. The summed E-state index contributed by atoms with van der Waals surface area (Å²) in [6, 6.07) is 0.395. The van der Waals surface area contributed by atoms with Crippen LogP contribution in [0.25, 0.3) is 0 Å². The maximum atomic E-state index is 5.23. The highest BCUT2D eigenvalue weighted by Crippen LogP contribution is 1.92. The van der Waals surface area contributed by atoms with Crippen LogP contribution in [0.3, 0.4) is 0 Å². The Morgan fingerprint density at radius 3 is 2.19 bits per heavy atom. The average molecular weight is 245 g/mol. The first kappa shape index (κ1) is 15.7. The van der Waals surface area contributed by atoms with Crippen LogP contribution in [0.2, 0.25) is 0 Å². The van der Waals surface area contributed by atoms with E-state index >= 15 is 0 Å². The molecule has 0 amide bonds. The minimum absolute atomic E-state index is 0.395. The minimum Gasteiger partial charge on any atom is -0.362 e. The lowest BCUT2D eigenvalue weighted by Crippen LogP contribution is -2.46. The van der Waals surface area contributed by atoms with Gasteiger partial charge in [0.2, 0.25) is 0 Å². The molecule has 2 N–H and O–H groups in total. The second-order valence-electron chi connectivity index (χ2n) is 4.64. The largest absolute Gasteiger partial charge is 0.362 e. The molecule has 0 spiro atoms. The van der Waals surface area contributed by atoms with Crippen molar-refractivity contribution in [1.29, 1.82) is 0 Å². The molecule has 0 bridgehead atoms. The van der Waals surface area contributed by atoms with Crippen LogP contribution in [0.5, 0.6) is 0 Å². The molecule has 0 aliphatic carbocycles. The molecule has 0 rings (SSSR count). The molecule has 0 aliphatic rings. The van der Waals surface area contributed by atoms with Crippen molar-refractivity contribution in [1.82, 2.24) is 15.5 Å². The monoisotopic (exact) mass is 245 g/mol. The molecule has 1 atom stereocenters. The van der Waals surface area contributed by atoms with Gasteiger partial charge in [-0.2, -0.15) is 0 Å². The summed E-state index contributed by atoms with van der Waals surface area (Å²) in [5.74, 6) is 0.623. The highest BCUT2D eigenvalue weighted by atomic mass is 32.1. The molecule has 0 aromatic carbocycles. The molecule has 1 unspecified atom stereocenters. The predicted molar refractivity (Wildman–Crippen MR) is 75.8 cm³/mol. The van der Waals surface area contributed by atoms with E-state index in [-0.39, 0.29) is 0 Å². The molecule has 0 heterocycles. The van der Waals surface area contributed by atoms with E-state index in [0.717, 1.165) is 31.3 Å². The summed E-state index contributed by atoms with van der Waals surface area (Å²) in [6.07, 6.45) is 0. The van der Waals surface area contributed by atoms with Gasteiger partial charge in [-0.3, -0.25) is 0 Å².